The lowest BCUT2D eigenvalue weighted by atomic mass is 10.0. The fourth-order valence-electron chi connectivity index (χ4n) is 2.78. The highest BCUT2D eigenvalue weighted by atomic mass is 32.2. The number of rotatable bonds is 6. The van der Waals surface area contributed by atoms with Crippen molar-refractivity contribution in [2.75, 3.05) is 53.7 Å². The summed E-state index contributed by atoms with van der Waals surface area (Å²) in [6.07, 6.45) is 0. The standard InChI is InChI=1S/C15H23N3O5S/c1-17(2)24(19,20)16-10-13(18-5-7-21-8-6-18)12-3-4-14-15(9-12)23-11-22-14/h3-4,9,13,16H,5-8,10-11H2,1-2H3. The minimum atomic E-state index is -3.48. The van der Waals surface area contributed by atoms with Gasteiger partial charge in [0.05, 0.1) is 13.2 Å². The molecule has 0 spiro atoms. The Balaban J connectivity index is 1.81. The van der Waals surface area contributed by atoms with Gasteiger partial charge in [0.1, 0.15) is 0 Å². The van der Waals surface area contributed by atoms with Crippen LogP contribution in [0.1, 0.15) is 11.6 Å². The third-order valence-electron chi connectivity index (χ3n) is 4.21. The summed E-state index contributed by atoms with van der Waals surface area (Å²) in [5.41, 5.74) is 0.989. The Bertz CT molecular complexity index is 674. The fraction of sp³-hybridized carbons (Fsp3) is 0.600. The Morgan fingerprint density at radius 1 is 1.21 bits per heavy atom. The molecule has 1 atom stereocenters. The average molecular weight is 357 g/mol. The van der Waals surface area contributed by atoms with Gasteiger partial charge in [0, 0.05) is 39.8 Å². The van der Waals surface area contributed by atoms with Crippen molar-refractivity contribution >= 4 is 10.2 Å². The predicted octanol–water partition coefficient (Wildman–Crippen LogP) is 0.185. The van der Waals surface area contributed by atoms with Crippen LogP contribution >= 0.6 is 0 Å². The Labute approximate surface area is 142 Å². The van der Waals surface area contributed by atoms with Crippen molar-refractivity contribution in [2.45, 2.75) is 6.04 Å². The normalized spacial score (nSPS) is 19.6. The molecule has 134 valence electrons. The summed E-state index contributed by atoms with van der Waals surface area (Å²) in [4.78, 5) is 2.22. The van der Waals surface area contributed by atoms with E-state index in [1.165, 1.54) is 18.4 Å². The second kappa shape index (κ2) is 7.24. The van der Waals surface area contributed by atoms with Crippen LogP contribution in [0.4, 0.5) is 0 Å². The largest absolute Gasteiger partial charge is 0.454 e. The van der Waals surface area contributed by atoms with Crippen molar-refractivity contribution in [1.82, 2.24) is 13.9 Å². The lowest BCUT2D eigenvalue weighted by Gasteiger charge is -2.35. The van der Waals surface area contributed by atoms with Gasteiger partial charge in [-0.15, -0.1) is 0 Å². The van der Waals surface area contributed by atoms with E-state index in [4.69, 9.17) is 14.2 Å². The summed E-state index contributed by atoms with van der Waals surface area (Å²) in [7, 11) is -0.469. The lowest BCUT2D eigenvalue weighted by Crippen LogP contribution is -2.45. The molecule has 2 aliphatic heterocycles. The van der Waals surface area contributed by atoms with Gasteiger partial charge in [-0.3, -0.25) is 4.90 Å². The zero-order chi connectivity index (χ0) is 17.2. The topological polar surface area (TPSA) is 80.3 Å². The number of fused-ring (bicyclic) bond motifs is 1. The van der Waals surface area contributed by atoms with Crippen LogP contribution in [-0.4, -0.2) is 71.4 Å². The van der Waals surface area contributed by atoms with E-state index in [9.17, 15) is 8.42 Å². The Morgan fingerprint density at radius 3 is 2.62 bits per heavy atom. The lowest BCUT2D eigenvalue weighted by molar-refractivity contribution is 0.0171. The van der Waals surface area contributed by atoms with E-state index in [0.29, 0.717) is 24.7 Å². The summed E-state index contributed by atoms with van der Waals surface area (Å²) >= 11 is 0. The monoisotopic (exact) mass is 357 g/mol. The van der Waals surface area contributed by atoms with Gasteiger partial charge in [-0.2, -0.15) is 12.7 Å². The van der Waals surface area contributed by atoms with Crippen LogP contribution in [0.15, 0.2) is 18.2 Å². The van der Waals surface area contributed by atoms with E-state index >= 15 is 0 Å². The van der Waals surface area contributed by atoms with Crippen LogP contribution in [0.2, 0.25) is 0 Å². The van der Waals surface area contributed by atoms with Crippen LogP contribution in [0, 0.1) is 0 Å². The van der Waals surface area contributed by atoms with Crippen LogP contribution in [-0.2, 0) is 14.9 Å². The van der Waals surface area contributed by atoms with E-state index in [1.807, 2.05) is 18.2 Å². The molecule has 0 radical (unpaired) electrons. The summed E-state index contributed by atoms with van der Waals surface area (Å²) in [6.45, 7) is 3.28. The third-order valence-corrected chi connectivity index (χ3v) is 5.70. The zero-order valence-electron chi connectivity index (χ0n) is 13.9. The van der Waals surface area contributed by atoms with E-state index < -0.39 is 10.2 Å². The smallest absolute Gasteiger partial charge is 0.278 e. The van der Waals surface area contributed by atoms with Crippen molar-refractivity contribution in [3.63, 3.8) is 0 Å². The first-order valence-electron chi connectivity index (χ1n) is 7.86. The van der Waals surface area contributed by atoms with Gasteiger partial charge in [0.2, 0.25) is 6.79 Å². The maximum Gasteiger partial charge on any atom is 0.278 e. The van der Waals surface area contributed by atoms with E-state index in [0.717, 1.165) is 18.7 Å². The number of nitrogens with one attached hydrogen (secondary N) is 1. The van der Waals surface area contributed by atoms with Crippen molar-refractivity contribution < 1.29 is 22.6 Å². The van der Waals surface area contributed by atoms with Gasteiger partial charge in [-0.1, -0.05) is 6.07 Å². The predicted molar refractivity (Wildman–Crippen MR) is 88.3 cm³/mol. The molecule has 0 aromatic heterocycles. The molecule has 8 nitrogen and oxygen atoms in total. The first-order valence-corrected chi connectivity index (χ1v) is 9.30. The van der Waals surface area contributed by atoms with Crippen molar-refractivity contribution in [2.24, 2.45) is 0 Å². The van der Waals surface area contributed by atoms with Crippen LogP contribution < -0.4 is 14.2 Å². The number of benzene rings is 1. The Hall–Kier alpha value is -1.39. The third kappa shape index (κ3) is 3.81. The minimum Gasteiger partial charge on any atom is -0.454 e. The second-order valence-corrected chi connectivity index (χ2v) is 7.88. The quantitative estimate of drug-likeness (QED) is 0.783. The molecular weight excluding hydrogens is 334 g/mol. The highest BCUT2D eigenvalue weighted by Crippen LogP contribution is 2.35. The molecule has 1 saturated heterocycles. The molecule has 1 unspecified atom stereocenters. The van der Waals surface area contributed by atoms with Crippen molar-refractivity contribution in [1.29, 1.82) is 0 Å². The SMILES string of the molecule is CN(C)S(=O)(=O)NCC(c1ccc2c(c1)OCO2)N1CCOCC1. The Kier molecular flexibility index (Phi) is 5.26. The van der Waals surface area contributed by atoms with Gasteiger partial charge in [-0.05, 0) is 17.7 Å². The van der Waals surface area contributed by atoms with Gasteiger partial charge in [-0.25, -0.2) is 4.72 Å². The van der Waals surface area contributed by atoms with Gasteiger partial charge >= 0.3 is 0 Å². The maximum absolute atomic E-state index is 12.1. The molecule has 0 aliphatic carbocycles. The number of nitrogens with zero attached hydrogens (tertiary/aromatic N) is 2. The molecule has 1 fully saturated rings. The van der Waals surface area contributed by atoms with Gasteiger partial charge in [0.25, 0.3) is 10.2 Å². The van der Waals surface area contributed by atoms with E-state index in [-0.39, 0.29) is 19.4 Å². The highest BCUT2D eigenvalue weighted by molar-refractivity contribution is 7.87. The molecule has 3 rings (SSSR count). The first kappa shape index (κ1) is 17.4. The van der Waals surface area contributed by atoms with Crippen LogP contribution in [0.25, 0.3) is 0 Å². The summed E-state index contributed by atoms with van der Waals surface area (Å²) in [6, 6.07) is 5.65. The minimum absolute atomic E-state index is 0.0990. The molecular formula is C15H23N3O5S. The van der Waals surface area contributed by atoms with Crippen molar-refractivity contribution in [3.05, 3.63) is 23.8 Å². The van der Waals surface area contributed by atoms with Crippen LogP contribution in [0.3, 0.4) is 0 Å². The van der Waals surface area contributed by atoms with Gasteiger partial charge < -0.3 is 14.2 Å². The summed E-state index contributed by atoms with van der Waals surface area (Å²) < 4.78 is 44.2. The number of hydrogen-bond donors (Lipinski definition) is 1. The first-order chi connectivity index (χ1) is 11.5. The molecule has 0 saturated carbocycles. The molecule has 2 aliphatic rings. The highest BCUT2D eigenvalue weighted by Gasteiger charge is 2.26. The summed E-state index contributed by atoms with van der Waals surface area (Å²) in [5, 5.41) is 0. The molecule has 1 aromatic rings. The Morgan fingerprint density at radius 2 is 1.92 bits per heavy atom. The molecule has 2 heterocycles. The summed E-state index contributed by atoms with van der Waals surface area (Å²) in [5.74, 6) is 1.41. The van der Waals surface area contributed by atoms with E-state index in [2.05, 4.69) is 9.62 Å². The fourth-order valence-corrected chi connectivity index (χ4v) is 3.41. The molecule has 9 heteroatoms. The van der Waals surface area contributed by atoms with E-state index in [1.54, 1.807) is 0 Å². The zero-order valence-corrected chi connectivity index (χ0v) is 14.7. The van der Waals surface area contributed by atoms with Crippen LogP contribution in [0.5, 0.6) is 11.5 Å². The van der Waals surface area contributed by atoms with Crippen molar-refractivity contribution in [3.8, 4) is 11.5 Å². The maximum atomic E-state index is 12.1. The molecule has 1 N–H and O–H groups in total. The number of ether oxygens (including phenoxy) is 3. The van der Waals surface area contributed by atoms with Gasteiger partial charge in [0.15, 0.2) is 11.5 Å². The average Bonchev–Trinajstić information content (AvgIpc) is 3.03. The number of morpholine rings is 1. The number of hydrogen-bond acceptors (Lipinski definition) is 6. The molecule has 24 heavy (non-hydrogen) atoms. The molecule has 1 aromatic carbocycles. The molecule has 0 bridgehead atoms. The second-order valence-electron chi connectivity index (χ2n) is 5.91. The molecule has 0 amide bonds.